The molecule has 1 unspecified atom stereocenters. The van der Waals surface area contributed by atoms with E-state index in [0.29, 0.717) is 6.61 Å². The van der Waals surface area contributed by atoms with Gasteiger partial charge in [0.1, 0.15) is 18.5 Å². The van der Waals surface area contributed by atoms with Crippen LogP contribution in [0.5, 0.6) is 5.75 Å². The van der Waals surface area contributed by atoms with Gasteiger partial charge < -0.3 is 19.9 Å². The number of aliphatic hydroxyl groups excluding tert-OH is 1. The van der Waals surface area contributed by atoms with Crippen LogP contribution in [0.15, 0.2) is 54.6 Å². The van der Waals surface area contributed by atoms with E-state index in [2.05, 4.69) is 12.2 Å². The molecule has 2 aromatic rings. The lowest BCUT2D eigenvalue weighted by atomic mass is 10.2. The average molecular weight is 329 g/mol. The molecule has 0 aromatic heterocycles. The van der Waals surface area contributed by atoms with Gasteiger partial charge in [-0.2, -0.15) is 0 Å². The molecule has 130 valence electrons. The van der Waals surface area contributed by atoms with Crippen LogP contribution in [-0.2, 0) is 17.9 Å². The minimum Gasteiger partial charge on any atom is -0.491 e. The van der Waals surface area contributed by atoms with Gasteiger partial charge in [0.25, 0.3) is 0 Å². The molecule has 0 radical (unpaired) electrons. The highest BCUT2D eigenvalue weighted by atomic mass is 16.5. The molecule has 0 aliphatic heterocycles. The lowest BCUT2D eigenvalue weighted by Gasteiger charge is -2.13. The maximum absolute atomic E-state index is 9.93. The number of ether oxygens (including phenoxy) is 2. The summed E-state index contributed by atoms with van der Waals surface area (Å²) in [6.45, 7) is 5.02. The molecule has 0 aliphatic rings. The fraction of sp³-hybridized carbons (Fsp3) is 0.400. The van der Waals surface area contributed by atoms with E-state index in [4.69, 9.17) is 9.47 Å². The second-order valence-electron chi connectivity index (χ2n) is 5.79. The highest BCUT2D eigenvalue weighted by molar-refractivity contribution is 5.27. The maximum Gasteiger partial charge on any atom is 0.119 e. The number of benzene rings is 2. The molecule has 2 rings (SSSR count). The van der Waals surface area contributed by atoms with Crippen LogP contribution in [0.25, 0.3) is 0 Å². The molecule has 4 heteroatoms. The lowest BCUT2D eigenvalue weighted by Crippen LogP contribution is -2.23. The highest BCUT2D eigenvalue weighted by Gasteiger charge is 2.06. The minimum atomic E-state index is -0.639. The summed E-state index contributed by atoms with van der Waals surface area (Å²) in [4.78, 5) is 0. The van der Waals surface area contributed by atoms with E-state index in [1.54, 1.807) is 0 Å². The first kappa shape index (κ1) is 18.5. The Bertz CT molecular complexity index is 557. The van der Waals surface area contributed by atoms with Crippen molar-refractivity contribution in [1.29, 1.82) is 0 Å². The summed E-state index contributed by atoms with van der Waals surface area (Å²) in [5.74, 6) is 0.761. The molecule has 0 saturated heterocycles. The van der Waals surface area contributed by atoms with Gasteiger partial charge in [-0.1, -0.05) is 49.4 Å². The smallest absolute Gasteiger partial charge is 0.119 e. The second kappa shape index (κ2) is 10.8. The third kappa shape index (κ3) is 7.13. The zero-order valence-corrected chi connectivity index (χ0v) is 14.3. The van der Waals surface area contributed by atoms with Gasteiger partial charge in [-0.05, 0) is 36.2 Å². The Labute approximate surface area is 144 Å². The first-order valence-corrected chi connectivity index (χ1v) is 8.50. The summed E-state index contributed by atoms with van der Waals surface area (Å²) in [7, 11) is 0. The summed E-state index contributed by atoms with van der Waals surface area (Å²) in [6, 6.07) is 17.9. The number of aliphatic hydroxyl groups is 1. The summed E-state index contributed by atoms with van der Waals surface area (Å²) >= 11 is 0. The fourth-order valence-corrected chi connectivity index (χ4v) is 2.24. The molecule has 0 heterocycles. The van der Waals surface area contributed by atoms with Crippen LogP contribution in [0, 0.1) is 0 Å². The van der Waals surface area contributed by atoms with Crippen molar-refractivity contribution in [3.8, 4) is 5.75 Å². The van der Waals surface area contributed by atoms with Gasteiger partial charge in [0.15, 0.2) is 0 Å². The van der Waals surface area contributed by atoms with Gasteiger partial charge in [-0.3, -0.25) is 0 Å². The van der Waals surface area contributed by atoms with Crippen molar-refractivity contribution >= 4 is 0 Å². The Morgan fingerprint density at radius 1 is 0.958 bits per heavy atom. The molecule has 2 aromatic carbocycles. The van der Waals surface area contributed by atoms with Crippen molar-refractivity contribution in [2.75, 3.05) is 19.8 Å². The first-order chi connectivity index (χ1) is 11.8. The van der Waals surface area contributed by atoms with Gasteiger partial charge in [-0.15, -0.1) is 0 Å². The van der Waals surface area contributed by atoms with Crippen LogP contribution >= 0.6 is 0 Å². The minimum absolute atomic E-state index is 0.224. The Balaban J connectivity index is 1.63. The molecule has 4 nitrogen and oxygen atoms in total. The van der Waals surface area contributed by atoms with Gasteiger partial charge in [0.05, 0.1) is 13.2 Å². The Kier molecular flexibility index (Phi) is 8.32. The molecule has 24 heavy (non-hydrogen) atoms. The van der Waals surface area contributed by atoms with E-state index in [1.807, 2.05) is 54.6 Å². The third-order valence-corrected chi connectivity index (χ3v) is 3.54. The number of hydrogen-bond acceptors (Lipinski definition) is 4. The predicted octanol–water partition coefficient (Wildman–Crippen LogP) is 3.14. The lowest BCUT2D eigenvalue weighted by molar-refractivity contribution is 0.00549. The summed E-state index contributed by atoms with van der Waals surface area (Å²) in [6.07, 6.45) is 0.491. The second-order valence-corrected chi connectivity index (χ2v) is 5.79. The van der Waals surface area contributed by atoms with Gasteiger partial charge in [0, 0.05) is 6.54 Å². The van der Waals surface area contributed by atoms with Crippen LogP contribution in [-0.4, -0.2) is 31.0 Å². The molecular weight excluding hydrogens is 302 g/mol. The largest absolute Gasteiger partial charge is 0.491 e. The third-order valence-electron chi connectivity index (χ3n) is 3.54. The Hall–Kier alpha value is -1.88. The summed E-state index contributed by atoms with van der Waals surface area (Å²) < 4.78 is 11.1. The zero-order valence-electron chi connectivity index (χ0n) is 14.3. The highest BCUT2D eigenvalue weighted by Crippen LogP contribution is 2.12. The number of hydrogen-bond donors (Lipinski definition) is 2. The van der Waals surface area contributed by atoms with E-state index in [9.17, 15) is 5.11 Å². The SMILES string of the molecule is CCCNCc1ccc(OCC(O)COCc2ccccc2)cc1. The van der Waals surface area contributed by atoms with E-state index < -0.39 is 6.10 Å². The first-order valence-electron chi connectivity index (χ1n) is 8.50. The van der Waals surface area contributed by atoms with Crippen LogP contribution in [0.2, 0.25) is 0 Å². The molecule has 0 spiro atoms. The molecule has 0 saturated carbocycles. The van der Waals surface area contributed by atoms with Gasteiger partial charge in [-0.25, -0.2) is 0 Å². The summed E-state index contributed by atoms with van der Waals surface area (Å²) in [5, 5.41) is 13.3. The molecule has 0 amide bonds. The van der Waals surface area contributed by atoms with E-state index >= 15 is 0 Å². The van der Waals surface area contributed by atoms with E-state index in [1.165, 1.54) is 5.56 Å². The number of rotatable bonds is 11. The van der Waals surface area contributed by atoms with Gasteiger partial charge >= 0.3 is 0 Å². The predicted molar refractivity (Wildman–Crippen MR) is 96.0 cm³/mol. The fourth-order valence-electron chi connectivity index (χ4n) is 2.24. The molecular formula is C20H27NO3. The summed E-state index contributed by atoms with van der Waals surface area (Å²) in [5.41, 5.74) is 2.32. The van der Waals surface area contributed by atoms with Crippen molar-refractivity contribution in [3.05, 3.63) is 65.7 Å². The normalized spacial score (nSPS) is 12.1. The van der Waals surface area contributed by atoms with Crippen LogP contribution in [0.3, 0.4) is 0 Å². The van der Waals surface area contributed by atoms with Crippen LogP contribution in [0.4, 0.5) is 0 Å². The molecule has 1 atom stereocenters. The average Bonchev–Trinajstić information content (AvgIpc) is 2.62. The standard InChI is InChI=1S/C20H27NO3/c1-2-12-21-13-17-8-10-20(11-9-17)24-16-19(22)15-23-14-18-6-4-3-5-7-18/h3-11,19,21-22H,2,12-16H2,1H3. The molecule has 0 aliphatic carbocycles. The zero-order chi connectivity index (χ0) is 17.0. The molecule has 0 bridgehead atoms. The van der Waals surface area contributed by atoms with Crippen LogP contribution in [0.1, 0.15) is 24.5 Å². The maximum atomic E-state index is 9.93. The van der Waals surface area contributed by atoms with Crippen molar-refractivity contribution in [2.45, 2.75) is 32.6 Å². The van der Waals surface area contributed by atoms with E-state index in [-0.39, 0.29) is 13.2 Å². The van der Waals surface area contributed by atoms with E-state index in [0.717, 1.165) is 30.8 Å². The Morgan fingerprint density at radius 3 is 2.42 bits per heavy atom. The quantitative estimate of drug-likeness (QED) is 0.622. The van der Waals surface area contributed by atoms with Crippen molar-refractivity contribution < 1.29 is 14.6 Å². The van der Waals surface area contributed by atoms with Crippen molar-refractivity contribution in [3.63, 3.8) is 0 Å². The van der Waals surface area contributed by atoms with Gasteiger partial charge in [0.2, 0.25) is 0 Å². The van der Waals surface area contributed by atoms with Crippen molar-refractivity contribution in [2.24, 2.45) is 0 Å². The molecule has 2 N–H and O–H groups in total. The Morgan fingerprint density at radius 2 is 1.71 bits per heavy atom. The monoisotopic (exact) mass is 329 g/mol. The van der Waals surface area contributed by atoms with Crippen molar-refractivity contribution in [1.82, 2.24) is 5.32 Å². The topological polar surface area (TPSA) is 50.7 Å². The molecule has 0 fully saturated rings. The number of nitrogens with one attached hydrogen (secondary N) is 1. The van der Waals surface area contributed by atoms with Crippen LogP contribution < -0.4 is 10.1 Å².